The zero-order valence-electron chi connectivity index (χ0n) is 15.7. The quantitative estimate of drug-likeness (QED) is 0.540. The van der Waals surface area contributed by atoms with Gasteiger partial charge in [0, 0.05) is 39.0 Å². The highest BCUT2D eigenvalue weighted by Gasteiger charge is 2.33. The number of ether oxygens (including phenoxy) is 2. The molecule has 2 fully saturated rings. The van der Waals surface area contributed by atoms with Crippen LogP contribution in [0.3, 0.4) is 0 Å². The number of anilines is 2. The first-order chi connectivity index (χ1) is 12.3. The molecule has 0 N–H and O–H groups in total. The maximum absolute atomic E-state index is 12.7. The smallest absolute Gasteiger partial charge is 0.333 e. The highest BCUT2D eigenvalue weighted by Crippen LogP contribution is 2.26. The third-order valence-corrected chi connectivity index (χ3v) is 6.25. The summed E-state index contributed by atoms with van der Waals surface area (Å²) in [5.41, 5.74) is 1.85. The molecule has 0 spiro atoms. The molecule has 3 amide bonds. The Morgan fingerprint density at radius 3 is 2.31 bits per heavy atom. The Labute approximate surface area is 155 Å². The largest absolute Gasteiger partial charge is 0.361 e. The lowest BCUT2D eigenvalue weighted by molar-refractivity contribution is -0.133. The van der Waals surface area contributed by atoms with Crippen molar-refractivity contribution in [2.24, 2.45) is 0 Å². The summed E-state index contributed by atoms with van der Waals surface area (Å²) in [5, 5.41) is 0. The number of urea groups is 1. The summed E-state index contributed by atoms with van der Waals surface area (Å²) >= 11 is 0. The lowest BCUT2D eigenvalue weighted by Crippen LogP contribution is -2.53. The first-order valence-electron chi connectivity index (χ1n) is 8.97. The van der Waals surface area contributed by atoms with Crippen LogP contribution in [-0.4, -0.2) is 58.3 Å². The molecule has 2 aliphatic heterocycles. The van der Waals surface area contributed by atoms with Gasteiger partial charge in [0.25, 0.3) is 0 Å². The van der Waals surface area contributed by atoms with Crippen LogP contribution < -0.4 is 9.80 Å². The molecular formula is C18H27N3O4Si. The molecule has 0 unspecified atom stereocenters. The van der Waals surface area contributed by atoms with Crippen LogP contribution in [0.1, 0.15) is 6.42 Å². The number of hydrogen-bond donors (Lipinski definition) is 0. The fourth-order valence-corrected chi connectivity index (χ4v) is 3.52. The van der Waals surface area contributed by atoms with E-state index in [1.165, 1.54) is 4.90 Å². The maximum Gasteiger partial charge on any atom is 0.333 e. The molecule has 2 saturated heterocycles. The molecule has 26 heavy (non-hydrogen) atoms. The van der Waals surface area contributed by atoms with Crippen molar-refractivity contribution in [1.29, 1.82) is 0 Å². The van der Waals surface area contributed by atoms with Gasteiger partial charge >= 0.3 is 6.03 Å². The molecule has 0 aliphatic carbocycles. The second kappa shape index (κ2) is 7.77. The third-order valence-electron chi connectivity index (χ3n) is 4.55. The van der Waals surface area contributed by atoms with Crippen molar-refractivity contribution < 1.29 is 19.1 Å². The maximum atomic E-state index is 12.7. The number of imide groups is 1. The van der Waals surface area contributed by atoms with E-state index < -0.39 is 8.07 Å². The van der Waals surface area contributed by atoms with E-state index in [2.05, 4.69) is 24.5 Å². The summed E-state index contributed by atoms with van der Waals surface area (Å²) in [6, 6.07) is 8.45. The average molecular weight is 378 g/mol. The molecule has 3 rings (SSSR count). The van der Waals surface area contributed by atoms with Crippen LogP contribution in [0.2, 0.25) is 25.7 Å². The van der Waals surface area contributed by atoms with Crippen LogP contribution in [0.25, 0.3) is 0 Å². The van der Waals surface area contributed by atoms with Gasteiger partial charge in [-0.15, -0.1) is 0 Å². The van der Waals surface area contributed by atoms with E-state index in [9.17, 15) is 9.59 Å². The fraction of sp³-hybridized carbons (Fsp3) is 0.556. The molecule has 0 aromatic heterocycles. The summed E-state index contributed by atoms with van der Waals surface area (Å²) in [7, 11) is -1.19. The predicted octanol–water partition coefficient (Wildman–Crippen LogP) is 2.91. The lowest BCUT2D eigenvalue weighted by atomic mass is 10.2. The second-order valence-electron chi connectivity index (χ2n) is 7.87. The van der Waals surface area contributed by atoms with Gasteiger partial charge in [0.05, 0.1) is 0 Å². The van der Waals surface area contributed by atoms with Gasteiger partial charge in [-0.25, -0.2) is 9.69 Å². The fourth-order valence-electron chi connectivity index (χ4n) is 2.77. The summed E-state index contributed by atoms with van der Waals surface area (Å²) < 4.78 is 10.8. The second-order valence-corrected chi connectivity index (χ2v) is 13.5. The average Bonchev–Trinajstić information content (AvgIpc) is 2.52. The highest BCUT2D eigenvalue weighted by molar-refractivity contribution is 6.76. The minimum absolute atomic E-state index is 0.0296. The first kappa shape index (κ1) is 18.9. The van der Waals surface area contributed by atoms with E-state index in [4.69, 9.17) is 9.47 Å². The molecule has 2 heterocycles. The molecule has 142 valence electrons. The van der Waals surface area contributed by atoms with Crippen LogP contribution in [0.5, 0.6) is 0 Å². The standard InChI is InChI=1S/C18H27N3O4Si/c1-26(2,3)11-10-24-14-21-17(22)8-9-20(18(21)23)16-6-4-15(5-7-16)19-12-25-13-19/h4-7H,8-14H2,1-3H3. The number of benzene rings is 1. The Hall–Kier alpha value is -1.90. The molecule has 1 aromatic rings. The minimum atomic E-state index is -1.19. The summed E-state index contributed by atoms with van der Waals surface area (Å²) in [5.74, 6) is -0.173. The Morgan fingerprint density at radius 1 is 1.08 bits per heavy atom. The van der Waals surface area contributed by atoms with Crippen LogP contribution in [-0.2, 0) is 14.3 Å². The molecular weight excluding hydrogens is 350 g/mol. The van der Waals surface area contributed by atoms with E-state index >= 15 is 0 Å². The SMILES string of the molecule is C[Si](C)(C)CCOCN1C(=O)CCN(c2ccc(N3COC3)cc2)C1=O. The number of nitrogens with zero attached hydrogens (tertiary/aromatic N) is 3. The van der Waals surface area contributed by atoms with E-state index in [1.54, 1.807) is 4.90 Å². The molecule has 2 aliphatic rings. The van der Waals surface area contributed by atoms with Gasteiger partial charge in [-0.2, -0.15) is 0 Å². The van der Waals surface area contributed by atoms with Crippen molar-refractivity contribution in [2.75, 3.05) is 43.1 Å². The summed E-state index contributed by atoms with van der Waals surface area (Å²) in [6.07, 6.45) is 0.310. The van der Waals surface area contributed by atoms with E-state index in [0.29, 0.717) is 33.0 Å². The summed E-state index contributed by atoms with van der Waals surface area (Å²) in [6.45, 7) is 9.01. The topological polar surface area (TPSA) is 62.3 Å². The van der Waals surface area contributed by atoms with Gasteiger partial charge < -0.3 is 14.4 Å². The number of carbonyl (C=O) groups is 2. The first-order valence-corrected chi connectivity index (χ1v) is 12.7. The zero-order chi connectivity index (χ0) is 18.7. The summed E-state index contributed by atoms with van der Waals surface area (Å²) in [4.78, 5) is 29.8. The zero-order valence-corrected chi connectivity index (χ0v) is 16.7. The molecule has 0 radical (unpaired) electrons. The third kappa shape index (κ3) is 4.43. The monoisotopic (exact) mass is 377 g/mol. The number of amides is 3. The Balaban J connectivity index is 1.60. The van der Waals surface area contributed by atoms with Crippen LogP contribution in [0.15, 0.2) is 24.3 Å². The van der Waals surface area contributed by atoms with Crippen LogP contribution in [0.4, 0.5) is 16.2 Å². The van der Waals surface area contributed by atoms with E-state index in [-0.39, 0.29) is 18.7 Å². The van der Waals surface area contributed by atoms with Gasteiger partial charge in [-0.05, 0) is 30.3 Å². The van der Waals surface area contributed by atoms with Gasteiger partial charge in [0.2, 0.25) is 5.91 Å². The van der Waals surface area contributed by atoms with Crippen LogP contribution in [0, 0.1) is 0 Å². The number of carbonyl (C=O) groups excluding carboxylic acids is 2. The minimum Gasteiger partial charge on any atom is -0.361 e. The molecule has 0 saturated carbocycles. The molecule has 0 atom stereocenters. The van der Waals surface area contributed by atoms with Crippen molar-refractivity contribution in [3.8, 4) is 0 Å². The van der Waals surface area contributed by atoms with Gasteiger partial charge in [-0.1, -0.05) is 19.6 Å². The normalized spacial score (nSPS) is 18.3. The Bertz CT molecular complexity index is 655. The van der Waals surface area contributed by atoms with Crippen molar-refractivity contribution in [3.05, 3.63) is 24.3 Å². The Kier molecular flexibility index (Phi) is 5.64. The van der Waals surface area contributed by atoms with Crippen molar-refractivity contribution >= 4 is 31.4 Å². The molecule has 8 heteroatoms. The molecule has 1 aromatic carbocycles. The van der Waals surface area contributed by atoms with Gasteiger partial charge in [0.15, 0.2) is 0 Å². The molecule has 0 bridgehead atoms. The number of hydrogen-bond acceptors (Lipinski definition) is 5. The van der Waals surface area contributed by atoms with Crippen molar-refractivity contribution in [1.82, 2.24) is 4.90 Å². The lowest BCUT2D eigenvalue weighted by Gasteiger charge is -2.35. The van der Waals surface area contributed by atoms with E-state index in [1.807, 2.05) is 24.3 Å². The highest BCUT2D eigenvalue weighted by atomic mass is 28.3. The van der Waals surface area contributed by atoms with E-state index in [0.717, 1.165) is 17.4 Å². The predicted molar refractivity (Wildman–Crippen MR) is 103 cm³/mol. The Morgan fingerprint density at radius 2 is 1.73 bits per heavy atom. The molecule has 7 nitrogen and oxygen atoms in total. The van der Waals surface area contributed by atoms with Gasteiger partial charge in [0.1, 0.15) is 20.2 Å². The van der Waals surface area contributed by atoms with Gasteiger partial charge in [-0.3, -0.25) is 9.69 Å². The van der Waals surface area contributed by atoms with Crippen molar-refractivity contribution in [2.45, 2.75) is 32.1 Å². The number of rotatable bonds is 7. The van der Waals surface area contributed by atoms with Crippen LogP contribution >= 0.6 is 0 Å². The van der Waals surface area contributed by atoms with Crippen molar-refractivity contribution in [3.63, 3.8) is 0 Å².